The number of nitrogen functional groups attached to an aromatic ring is 1. The number of carbonyl (C=O) groups is 5. The van der Waals surface area contributed by atoms with E-state index >= 15 is 0 Å². The van der Waals surface area contributed by atoms with Crippen LogP contribution in [0.5, 0.6) is 0 Å². The Kier molecular flexibility index (Phi) is 9.59. The standard InChI is InChI=1S/C24H26N8O9/c25-14(5-6-16(33)34)18(35)13(22(38)39)7-15(23(40)41)30-20(36)10-1-3-11(4-2-10)27-8-12-9-28-19-17(29-12)21(37)32-24(26)31-19/h1-4,9,13-15,27H,5-8,25H2,(H,30,36)(H,33,34)(H,38,39)(H,40,41)(H3,26,28,31,32,37)/t13?,14-,15-/m0/s1. The maximum absolute atomic E-state index is 12.7. The van der Waals surface area contributed by atoms with Gasteiger partial charge in [-0.3, -0.25) is 29.0 Å². The lowest BCUT2D eigenvalue weighted by molar-refractivity contribution is -0.148. The Labute approximate surface area is 230 Å². The molecule has 0 aliphatic rings. The lowest BCUT2D eigenvalue weighted by Crippen LogP contribution is -2.47. The molecule has 0 saturated heterocycles. The Morgan fingerprint density at radius 2 is 1.68 bits per heavy atom. The van der Waals surface area contributed by atoms with Crippen molar-refractivity contribution < 1.29 is 39.3 Å². The molecule has 0 aliphatic heterocycles. The summed E-state index contributed by atoms with van der Waals surface area (Å²) in [7, 11) is 0. The van der Waals surface area contributed by atoms with Crippen LogP contribution in [-0.4, -0.2) is 76.9 Å². The number of carboxylic acids is 3. The zero-order valence-corrected chi connectivity index (χ0v) is 21.2. The molecule has 1 aromatic carbocycles. The van der Waals surface area contributed by atoms with Gasteiger partial charge in [0, 0.05) is 17.7 Å². The molecular formula is C24H26N8O9. The first-order chi connectivity index (χ1) is 19.3. The van der Waals surface area contributed by atoms with Crippen LogP contribution in [0.2, 0.25) is 0 Å². The second-order valence-corrected chi connectivity index (χ2v) is 8.85. The Hall–Kier alpha value is -5.45. The Morgan fingerprint density at radius 3 is 2.29 bits per heavy atom. The number of ketones is 1. The first-order valence-corrected chi connectivity index (χ1v) is 12.0. The largest absolute Gasteiger partial charge is 0.481 e. The fraction of sp³-hybridized carbons (Fsp3) is 0.292. The number of carboxylic acid groups (broad SMARTS) is 3. The molecule has 10 N–H and O–H groups in total. The molecular weight excluding hydrogens is 544 g/mol. The predicted octanol–water partition coefficient (Wildman–Crippen LogP) is -1.06. The highest BCUT2D eigenvalue weighted by atomic mass is 16.4. The molecule has 1 amide bonds. The normalized spacial score (nSPS) is 13.1. The topological polar surface area (TPSA) is 294 Å². The summed E-state index contributed by atoms with van der Waals surface area (Å²) in [6.07, 6.45) is -0.206. The van der Waals surface area contributed by atoms with E-state index < -0.39 is 66.0 Å². The summed E-state index contributed by atoms with van der Waals surface area (Å²) in [5.41, 5.74) is 11.6. The third kappa shape index (κ3) is 8.02. The van der Waals surface area contributed by atoms with E-state index in [1.165, 1.54) is 30.5 Å². The van der Waals surface area contributed by atoms with Gasteiger partial charge in [-0.05, 0) is 37.1 Å². The van der Waals surface area contributed by atoms with Crippen LogP contribution in [0.1, 0.15) is 35.3 Å². The van der Waals surface area contributed by atoms with E-state index in [0.29, 0.717) is 11.4 Å². The minimum atomic E-state index is -1.88. The molecule has 0 radical (unpaired) electrons. The van der Waals surface area contributed by atoms with Crippen LogP contribution < -0.4 is 27.7 Å². The third-order valence-corrected chi connectivity index (χ3v) is 5.86. The van der Waals surface area contributed by atoms with Crippen molar-refractivity contribution in [3.63, 3.8) is 0 Å². The number of amides is 1. The van der Waals surface area contributed by atoms with Crippen molar-refractivity contribution in [1.82, 2.24) is 25.3 Å². The highest BCUT2D eigenvalue weighted by Crippen LogP contribution is 2.16. The SMILES string of the molecule is Nc1nc2ncc(CNc3ccc(C(=O)N[C@@H](CC(C(=O)O)C(=O)[C@@H](N)CCC(=O)O)C(=O)O)cc3)nc2c(=O)[nH]1. The number of H-pyrrole nitrogens is 1. The monoisotopic (exact) mass is 570 g/mol. The van der Waals surface area contributed by atoms with Crippen LogP contribution in [0.4, 0.5) is 11.6 Å². The summed E-state index contributed by atoms with van der Waals surface area (Å²) >= 11 is 0. The van der Waals surface area contributed by atoms with Crippen LogP contribution >= 0.6 is 0 Å². The molecule has 2 heterocycles. The van der Waals surface area contributed by atoms with Crippen LogP contribution in [-0.2, 0) is 25.7 Å². The Morgan fingerprint density at radius 1 is 1.00 bits per heavy atom. The number of anilines is 2. The van der Waals surface area contributed by atoms with Gasteiger partial charge in [-0.15, -0.1) is 0 Å². The summed E-state index contributed by atoms with van der Waals surface area (Å²) < 4.78 is 0. The zero-order chi connectivity index (χ0) is 30.3. The number of rotatable bonds is 14. The molecule has 0 bridgehead atoms. The van der Waals surface area contributed by atoms with Crippen molar-refractivity contribution in [1.29, 1.82) is 0 Å². The number of carbonyl (C=O) groups excluding carboxylic acids is 2. The summed E-state index contributed by atoms with van der Waals surface area (Å²) in [4.78, 5) is 85.7. The zero-order valence-electron chi connectivity index (χ0n) is 21.2. The number of nitrogens with one attached hydrogen (secondary N) is 3. The van der Waals surface area contributed by atoms with E-state index in [1.54, 1.807) is 0 Å². The van der Waals surface area contributed by atoms with Crippen molar-refractivity contribution in [3.8, 4) is 0 Å². The molecule has 0 aliphatic carbocycles. The van der Waals surface area contributed by atoms with Gasteiger partial charge in [-0.1, -0.05) is 0 Å². The number of aliphatic carboxylic acids is 3. The lowest BCUT2D eigenvalue weighted by Gasteiger charge is -2.21. The van der Waals surface area contributed by atoms with Gasteiger partial charge in [-0.25, -0.2) is 14.8 Å². The summed E-state index contributed by atoms with van der Waals surface area (Å²) in [6.45, 7) is 0.151. The second kappa shape index (κ2) is 13.1. The summed E-state index contributed by atoms with van der Waals surface area (Å²) in [5, 5.41) is 32.9. The maximum atomic E-state index is 12.7. The van der Waals surface area contributed by atoms with Gasteiger partial charge >= 0.3 is 17.9 Å². The van der Waals surface area contributed by atoms with Gasteiger partial charge in [0.25, 0.3) is 11.5 Å². The summed E-state index contributed by atoms with van der Waals surface area (Å²) in [5.74, 6) is -8.33. The van der Waals surface area contributed by atoms with Gasteiger partial charge in [-0.2, -0.15) is 4.98 Å². The number of Topliss-reactive ketones (excluding diaryl/α,β-unsaturated/α-hetero) is 1. The number of nitrogens with zero attached hydrogens (tertiary/aromatic N) is 3. The molecule has 3 rings (SSSR count). The Balaban J connectivity index is 1.63. The van der Waals surface area contributed by atoms with Crippen LogP contribution in [0.3, 0.4) is 0 Å². The average Bonchev–Trinajstić information content (AvgIpc) is 2.92. The molecule has 3 atom stereocenters. The van der Waals surface area contributed by atoms with Gasteiger partial charge in [0.15, 0.2) is 16.9 Å². The first kappa shape index (κ1) is 30.1. The molecule has 0 saturated carbocycles. The number of aromatic amines is 1. The summed E-state index contributed by atoms with van der Waals surface area (Å²) in [6, 6.07) is 2.59. The number of fused-ring (bicyclic) bond motifs is 1. The highest BCUT2D eigenvalue weighted by Gasteiger charge is 2.36. The molecule has 1 unspecified atom stereocenters. The van der Waals surface area contributed by atoms with Crippen molar-refractivity contribution >= 4 is 52.4 Å². The van der Waals surface area contributed by atoms with E-state index in [4.69, 9.17) is 16.6 Å². The highest BCUT2D eigenvalue weighted by molar-refractivity contribution is 6.02. The second-order valence-electron chi connectivity index (χ2n) is 8.85. The fourth-order valence-electron chi connectivity index (χ4n) is 3.71. The van der Waals surface area contributed by atoms with Crippen molar-refractivity contribution in [2.24, 2.45) is 11.7 Å². The van der Waals surface area contributed by atoms with Crippen LogP contribution in [0, 0.1) is 5.92 Å². The molecule has 216 valence electrons. The number of hydrogen-bond acceptors (Lipinski definition) is 12. The lowest BCUT2D eigenvalue weighted by atomic mass is 9.90. The maximum Gasteiger partial charge on any atom is 0.326 e. The van der Waals surface area contributed by atoms with E-state index in [0.717, 1.165) is 0 Å². The van der Waals surface area contributed by atoms with Crippen LogP contribution in [0.15, 0.2) is 35.3 Å². The average molecular weight is 571 g/mol. The van der Waals surface area contributed by atoms with Crippen molar-refractivity contribution in [3.05, 3.63) is 52.1 Å². The molecule has 41 heavy (non-hydrogen) atoms. The number of hydrogen-bond donors (Lipinski definition) is 8. The van der Waals surface area contributed by atoms with Crippen molar-refractivity contribution in [2.75, 3.05) is 11.1 Å². The molecule has 17 nitrogen and oxygen atoms in total. The Bertz CT molecular complexity index is 1540. The van der Waals surface area contributed by atoms with E-state index in [2.05, 4.69) is 30.6 Å². The van der Waals surface area contributed by atoms with E-state index in [9.17, 15) is 39.0 Å². The minimum absolute atomic E-state index is 0.00702. The molecule has 17 heteroatoms. The third-order valence-electron chi connectivity index (χ3n) is 5.86. The first-order valence-electron chi connectivity index (χ1n) is 12.0. The minimum Gasteiger partial charge on any atom is -0.481 e. The van der Waals surface area contributed by atoms with Gasteiger partial charge in [0.05, 0.1) is 24.5 Å². The molecule has 2 aromatic heterocycles. The smallest absolute Gasteiger partial charge is 0.326 e. The molecule has 0 fully saturated rings. The van der Waals surface area contributed by atoms with Crippen molar-refractivity contribution in [2.45, 2.75) is 37.9 Å². The van der Waals surface area contributed by atoms with Gasteiger partial charge in [0.2, 0.25) is 5.95 Å². The quantitative estimate of drug-likeness (QED) is 0.107. The van der Waals surface area contributed by atoms with E-state index in [1.807, 2.05) is 0 Å². The van der Waals surface area contributed by atoms with Gasteiger partial charge in [0.1, 0.15) is 12.0 Å². The van der Waals surface area contributed by atoms with Crippen LogP contribution in [0.25, 0.3) is 11.2 Å². The number of benzene rings is 1. The van der Waals surface area contributed by atoms with Gasteiger partial charge < -0.3 is 37.4 Å². The molecule has 3 aromatic rings. The fourth-order valence-corrected chi connectivity index (χ4v) is 3.71. The molecule has 0 spiro atoms. The number of aromatic nitrogens is 4. The van der Waals surface area contributed by atoms with E-state index in [-0.39, 0.29) is 35.6 Å². The predicted molar refractivity (Wildman–Crippen MR) is 141 cm³/mol. The number of nitrogens with two attached hydrogens (primary N) is 2.